The third-order valence-electron chi connectivity index (χ3n) is 12.3. The van der Waals surface area contributed by atoms with Crippen LogP contribution in [0.5, 0.6) is 11.5 Å². The van der Waals surface area contributed by atoms with Crippen molar-refractivity contribution in [1.82, 2.24) is 42.1 Å². The van der Waals surface area contributed by atoms with Gasteiger partial charge >= 0.3 is 11.9 Å². The monoisotopic (exact) mass is 1140 g/mol. The molecule has 0 bridgehead atoms. The van der Waals surface area contributed by atoms with Crippen LogP contribution in [0.25, 0.3) is 0 Å². The van der Waals surface area contributed by atoms with Gasteiger partial charge in [0.1, 0.15) is 59.8 Å². The van der Waals surface area contributed by atoms with Crippen LogP contribution in [0.2, 0.25) is 0 Å². The van der Waals surface area contributed by atoms with Crippen molar-refractivity contribution in [1.29, 1.82) is 0 Å². The fourth-order valence-corrected chi connectivity index (χ4v) is 8.32. The number of nitrogens with one attached hydrogen (secondary N) is 7. The van der Waals surface area contributed by atoms with Gasteiger partial charge in [-0.25, -0.2) is 4.79 Å². The van der Waals surface area contributed by atoms with Gasteiger partial charge < -0.3 is 91.2 Å². The van der Waals surface area contributed by atoms with Crippen LogP contribution in [-0.4, -0.2) is 176 Å². The fraction of sp³-hybridized carbons (Fsp3) is 0.490. The molecule has 21 N–H and O–H groups in total. The van der Waals surface area contributed by atoms with Crippen molar-refractivity contribution >= 4 is 89.6 Å². The number of thiol groups is 1. The molecule has 80 heavy (non-hydrogen) atoms. The Morgan fingerprint density at radius 2 is 1.05 bits per heavy atom. The number of guanidine groups is 1. The summed E-state index contributed by atoms with van der Waals surface area (Å²) >= 11 is 4.26. The van der Waals surface area contributed by atoms with E-state index < -0.39 is 163 Å². The maximum atomic E-state index is 14.3. The zero-order valence-electron chi connectivity index (χ0n) is 43.6. The first-order chi connectivity index (χ1) is 37.7. The quantitative estimate of drug-likeness (QED) is 0.0137. The number of carboxylic acid groups (broad SMARTS) is 2. The first-order valence-electron chi connectivity index (χ1n) is 25.1. The molecule has 9 atom stereocenters. The Kier molecular flexibility index (Phi) is 26.4. The lowest BCUT2D eigenvalue weighted by atomic mass is 10.0. The second kappa shape index (κ2) is 32.2. The number of aliphatic carboxylic acids is 2. The first-order valence-corrected chi connectivity index (χ1v) is 25.7. The first kappa shape index (κ1) is 65.5. The molecular formula is C49H70N14O16S. The summed E-state index contributed by atoms with van der Waals surface area (Å²) < 4.78 is 0. The molecule has 2 aromatic rings. The topological polar surface area (TPSA) is 516 Å². The number of nitrogens with zero attached hydrogens (tertiary/aromatic N) is 2. The number of aliphatic imine (C=N–C) groups is 1. The highest BCUT2D eigenvalue weighted by molar-refractivity contribution is 7.80. The van der Waals surface area contributed by atoms with Crippen molar-refractivity contribution in [2.45, 2.75) is 132 Å². The van der Waals surface area contributed by atoms with E-state index in [1.165, 1.54) is 55.5 Å². The predicted octanol–water partition coefficient (Wildman–Crippen LogP) is -5.31. The fourth-order valence-electron chi connectivity index (χ4n) is 8.06. The Morgan fingerprint density at radius 3 is 1.51 bits per heavy atom. The van der Waals surface area contributed by atoms with Crippen LogP contribution in [0, 0.1) is 0 Å². The van der Waals surface area contributed by atoms with E-state index in [1.807, 2.05) is 0 Å². The Hall–Kier alpha value is -8.74. The number of phenolic OH excluding ortho intramolecular Hbond substituents is 2. The van der Waals surface area contributed by atoms with E-state index in [1.54, 1.807) is 0 Å². The minimum absolute atomic E-state index is 0.0352. The second-order valence-corrected chi connectivity index (χ2v) is 19.1. The Labute approximate surface area is 463 Å². The van der Waals surface area contributed by atoms with E-state index in [-0.39, 0.29) is 62.7 Å². The largest absolute Gasteiger partial charge is 0.508 e. The van der Waals surface area contributed by atoms with Crippen LogP contribution in [0.1, 0.15) is 75.8 Å². The summed E-state index contributed by atoms with van der Waals surface area (Å²) in [6.45, 7) is 1.29. The second-order valence-electron chi connectivity index (χ2n) is 18.7. The summed E-state index contributed by atoms with van der Waals surface area (Å²) in [7, 11) is 0. The van der Waals surface area contributed by atoms with Gasteiger partial charge in [-0.05, 0) is 80.8 Å². The highest BCUT2D eigenvalue weighted by atomic mass is 32.1. The number of benzene rings is 2. The number of phenols is 2. The lowest BCUT2D eigenvalue weighted by Gasteiger charge is -2.29. The maximum Gasteiger partial charge on any atom is 0.326 e. The van der Waals surface area contributed by atoms with Gasteiger partial charge in [0.2, 0.25) is 59.1 Å². The molecule has 10 amide bonds. The van der Waals surface area contributed by atoms with Crippen LogP contribution < -0.4 is 65.9 Å². The van der Waals surface area contributed by atoms with Gasteiger partial charge in [0.05, 0.1) is 12.5 Å². The lowest BCUT2D eigenvalue weighted by Crippen LogP contribution is -2.61. The van der Waals surface area contributed by atoms with Crippen LogP contribution in [-0.2, 0) is 70.4 Å². The number of hydrogen-bond acceptors (Lipinski definition) is 17. The summed E-state index contributed by atoms with van der Waals surface area (Å²) in [5.74, 6) is -13.2. The molecule has 2 aromatic carbocycles. The van der Waals surface area contributed by atoms with Gasteiger partial charge in [-0.3, -0.25) is 57.7 Å². The van der Waals surface area contributed by atoms with Crippen LogP contribution in [0.3, 0.4) is 0 Å². The molecule has 0 aromatic heterocycles. The average Bonchev–Trinajstić information content (AvgIpc) is 3.89. The molecular weight excluding hydrogens is 1070 g/mol. The molecule has 0 radical (unpaired) electrons. The Bertz CT molecular complexity index is 2590. The number of aromatic hydroxyl groups is 2. The van der Waals surface area contributed by atoms with Crippen molar-refractivity contribution < 1.29 is 78.0 Å². The molecule has 1 heterocycles. The highest BCUT2D eigenvalue weighted by Gasteiger charge is 2.39. The van der Waals surface area contributed by atoms with E-state index in [9.17, 15) is 72.9 Å². The number of carboxylic acids is 2. The van der Waals surface area contributed by atoms with Crippen LogP contribution in [0.15, 0.2) is 53.5 Å². The number of amides is 10. The van der Waals surface area contributed by atoms with E-state index in [0.717, 1.165) is 4.90 Å². The molecule has 1 saturated heterocycles. The normalized spacial score (nSPS) is 15.8. The molecule has 1 aliphatic heterocycles. The highest BCUT2D eigenvalue weighted by Crippen LogP contribution is 2.20. The zero-order valence-corrected chi connectivity index (χ0v) is 44.5. The number of carbonyl (C=O) groups excluding carboxylic acids is 10. The molecule has 30 nitrogen and oxygen atoms in total. The summed E-state index contributed by atoms with van der Waals surface area (Å²) in [5.41, 5.74) is 27.9. The van der Waals surface area contributed by atoms with Gasteiger partial charge in [0, 0.05) is 44.5 Å². The molecule has 3 rings (SSSR count). The van der Waals surface area contributed by atoms with E-state index in [0.29, 0.717) is 17.5 Å². The van der Waals surface area contributed by atoms with Gasteiger partial charge in [-0.1, -0.05) is 24.3 Å². The number of hydrogen-bond donors (Lipinski definition) is 17. The number of likely N-dealkylation sites (tertiary alicyclic amines) is 1. The van der Waals surface area contributed by atoms with Gasteiger partial charge in [0.25, 0.3) is 0 Å². The summed E-state index contributed by atoms with van der Waals surface area (Å²) in [5, 5.41) is 55.8. The van der Waals surface area contributed by atoms with E-state index >= 15 is 0 Å². The molecule has 1 fully saturated rings. The number of rotatable bonds is 33. The Balaban J connectivity index is 1.92. The molecule has 0 unspecified atom stereocenters. The molecule has 0 aliphatic carbocycles. The number of primary amides is 2. The van der Waals surface area contributed by atoms with E-state index in [4.69, 9.17) is 33.8 Å². The average molecular weight is 1140 g/mol. The van der Waals surface area contributed by atoms with E-state index in [2.05, 4.69) is 54.8 Å². The molecule has 0 saturated carbocycles. The van der Waals surface area contributed by atoms with Crippen molar-refractivity contribution in [2.75, 3.05) is 18.8 Å². The molecule has 1 aliphatic rings. The smallest absolute Gasteiger partial charge is 0.326 e. The zero-order chi connectivity index (χ0) is 59.8. The third-order valence-corrected chi connectivity index (χ3v) is 12.7. The summed E-state index contributed by atoms with van der Waals surface area (Å²) in [6.07, 6.45) is -2.73. The third kappa shape index (κ3) is 22.3. The van der Waals surface area contributed by atoms with Crippen LogP contribution >= 0.6 is 12.6 Å². The Morgan fingerprint density at radius 1 is 0.613 bits per heavy atom. The summed E-state index contributed by atoms with van der Waals surface area (Å²) in [4.78, 5) is 162. The SMILES string of the molecule is C[C@H](NC(=O)[C@@H](N)CC(=O)O)C(=O)N1CCC[C@H]1C(=O)N[C@@H](CCC(N)=O)C(=O)N[C@@H](CCCN=C(N)N)C(=O)N[C@@H](CS)C(=O)N[C@@H](Cc1ccc(O)cc1)C(=O)N[C@@H](Cc1ccc(O)cc1)C(=O)N[C@@H](CCC(N)=O)C(=O)O. The van der Waals surface area contributed by atoms with Crippen molar-refractivity contribution in [3.8, 4) is 11.5 Å². The van der Waals surface area contributed by atoms with Gasteiger partial charge in [0.15, 0.2) is 5.96 Å². The van der Waals surface area contributed by atoms with Crippen molar-refractivity contribution in [3.05, 3.63) is 59.7 Å². The van der Waals surface area contributed by atoms with Crippen molar-refractivity contribution in [2.24, 2.45) is 33.7 Å². The molecule has 438 valence electrons. The molecule has 31 heteroatoms. The predicted molar refractivity (Wildman–Crippen MR) is 286 cm³/mol. The van der Waals surface area contributed by atoms with Gasteiger partial charge in [-0.15, -0.1) is 0 Å². The van der Waals surface area contributed by atoms with Crippen LogP contribution in [0.4, 0.5) is 0 Å². The standard InChI is InChI=1S/C49H70N14O16S/c1-24(56-40(70)29(50)22-39(68)69)47(77)63-19-3-5-36(63)46(76)58-31(14-16-37(51)66)42(72)57-30(4-2-18-55-49(53)54)41(71)62-35(23-80)45(75)61-34(21-26-8-12-28(65)13-9-26)44(74)60-33(20-25-6-10-27(64)11-7-25)43(73)59-32(48(78)79)15-17-38(52)67/h6-13,24,29-36,64-65,80H,2-5,14-23,50H2,1H3,(H2,51,66)(H2,52,67)(H,56,70)(H,57,72)(H,58,76)(H,59,73)(H,60,74)(H,61,75)(H,62,71)(H,68,69)(H,78,79)(H4,53,54,55)/t24-,29-,30-,31-,32-,33-,34-,35-,36-/m0/s1. The number of nitrogens with two attached hydrogens (primary N) is 5. The summed E-state index contributed by atoms with van der Waals surface area (Å²) in [6, 6.07) is -2.44. The molecule has 0 spiro atoms. The lowest BCUT2D eigenvalue weighted by molar-refractivity contribution is -0.143. The van der Waals surface area contributed by atoms with Crippen molar-refractivity contribution in [3.63, 3.8) is 0 Å². The maximum absolute atomic E-state index is 14.3. The number of carbonyl (C=O) groups is 12. The minimum atomic E-state index is -1.62. The van der Waals surface area contributed by atoms with Gasteiger partial charge in [-0.2, -0.15) is 12.6 Å². The minimum Gasteiger partial charge on any atom is -0.508 e.